The van der Waals surface area contributed by atoms with Gasteiger partial charge in [0.25, 0.3) is 5.91 Å². The van der Waals surface area contributed by atoms with Gasteiger partial charge in [0.05, 0.1) is 6.10 Å². The fourth-order valence-electron chi connectivity index (χ4n) is 2.07. The number of halogens is 3. The van der Waals surface area contributed by atoms with Gasteiger partial charge in [0.2, 0.25) is 0 Å². The molecule has 0 radical (unpaired) electrons. The zero-order valence-corrected chi connectivity index (χ0v) is 12.0. The van der Waals surface area contributed by atoms with E-state index in [1.807, 2.05) is 6.92 Å². The van der Waals surface area contributed by atoms with Crippen LogP contribution in [0.4, 0.5) is 8.78 Å². The summed E-state index contributed by atoms with van der Waals surface area (Å²) in [5, 5.41) is 2.61. The van der Waals surface area contributed by atoms with Crippen LogP contribution in [0.2, 0.25) is 0 Å². The van der Waals surface area contributed by atoms with E-state index in [0.717, 1.165) is 12.1 Å². The van der Waals surface area contributed by atoms with E-state index in [1.54, 1.807) is 0 Å². The number of hydrogen-bond acceptors (Lipinski definition) is 2. The van der Waals surface area contributed by atoms with Crippen LogP contribution < -0.4 is 5.32 Å². The molecule has 6 heteroatoms. The maximum absolute atomic E-state index is 13.6. The molecule has 1 saturated carbocycles. The van der Waals surface area contributed by atoms with Crippen molar-refractivity contribution >= 4 is 21.8 Å². The SMILES string of the molecule is CCOC1CC(NC(=O)c2c(F)cc(Br)cc2F)C1. The minimum atomic E-state index is -0.870. The molecule has 1 amide bonds. The first-order chi connectivity index (χ1) is 9.01. The van der Waals surface area contributed by atoms with Crippen molar-refractivity contribution in [1.29, 1.82) is 0 Å². The second-order valence-electron chi connectivity index (χ2n) is 4.46. The molecule has 3 nitrogen and oxygen atoms in total. The summed E-state index contributed by atoms with van der Waals surface area (Å²) in [6.45, 7) is 2.53. The van der Waals surface area contributed by atoms with E-state index in [-0.39, 0.29) is 16.6 Å². The molecular weight excluding hydrogens is 320 g/mol. The third-order valence-electron chi connectivity index (χ3n) is 3.07. The van der Waals surface area contributed by atoms with Gasteiger partial charge < -0.3 is 10.1 Å². The van der Waals surface area contributed by atoms with Crippen molar-refractivity contribution < 1.29 is 18.3 Å². The van der Waals surface area contributed by atoms with Gasteiger partial charge in [-0.05, 0) is 31.9 Å². The van der Waals surface area contributed by atoms with Gasteiger partial charge in [-0.1, -0.05) is 15.9 Å². The Morgan fingerprint density at radius 1 is 1.42 bits per heavy atom. The van der Waals surface area contributed by atoms with Gasteiger partial charge in [-0.25, -0.2) is 8.78 Å². The standard InChI is InChI=1S/C13H14BrF2NO2/c1-2-19-9-5-8(6-9)17-13(18)12-10(15)3-7(14)4-11(12)16/h3-4,8-9H,2,5-6H2,1H3,(H,17,18). The number of benzene rings is 1. The summed E-state index contributed by atoms with van der Waals surface area (Å²) in [4.78, 5) is 11.8. The minimum absolute atomic E-state index is 0.0773. The van der Waals surface area contributed by atoms with E-state index in [4.69, 9.17) is 4.74 Å². The Labute approximate surface area is 118 Å². The molecule has 2 rings (SSSR count). The van der Waals surface area contributed by atoms with E-state index in [1.165, 1.54) is 0 Å². The maximum atomic E-state index is 13.6. The van der Waals surface area contributed by atoms with Crippen LogP contribution in [-0.2, 0) is 4.74 Å². The van der Waals surface area contributed by atoms with Crippen LogP contribution in [0.15, 0.2) is 16.6 Å². The summed E-state index contributed by atoms with van der Waals surface area (Å²) in [5.41, 5.74) is -0.539. The third-order valence-corrected chi connectivity index (χ3v) is 3.52. The molecule has 104 valence electrons. The zero-order chi connectivity index (χ0) is 14.0. The second kappa shape index (κ2) is 5.96. The highest BCUT2D eigenvalue weighted by molar-refractivity contribution is 9.10. The van der Waals surface area contributed by atoms with Crippen molar-refractivity contribution in [2.24, 2.45) is 0 Å². The van der Waals surface area contributed by atoms with Crippen molar-refractivity contribution in [3.63, 3.8) is 0 Å². The van der Waals surface area contributed by atoms with Gasteiger partial charge in [0, 0.05) is 17.1 Å². The highest BCUT2D eigenvalue weighted by Crippen LogP contribution is 2.25. The third kappa shape index (κ3) is 3.30. The van der Waals surface area contributed by atoms with Crippen LogP contribution >= 0.6 is 15.9 Å². The van der Waals surface area contributed by atoms with E-state index in [2.05, 4.69) is 21.2 Å². The molecule has 19 heavy (non-hydrogen) atoms. The lowest BCUT2D eigenvalue weighted by Gasteiger charge is -2.35. The number of carbonyl (C=O) groups is 1. The van der Waals surface area contributed by atoms with Gasteiger partial charge in [-0.15, -0.1) is 0 Å². The lowest BCUT2D eigenvalue weighted by molar-refractivity contribution is -0.00868. The predicted octanol–water partition coefficient (Wildman–Crippen LogP) is 3.02. The molecule has 0 atom stereocenters. The first-order valence-corrected chi connectivity index (χ1v) is 6.87. The lowest BCUT2D eigenvalue weighted by Crippen LogP contribution is -2.48. The number of ether oxygens (including phenoxy) is 1. The smallest absolute Gasteiger partial charge is 0.257 e. The molecule has 1 fully saturated rings. The molecule has 0 aromatic heterocycles. The van der Waals surface area contributed by atoms with Gasteiger partial charge in [0.1, 0.15) is 17.2 Å². The molecule has 1 N–H and O–H groups in total. The summed E-state index contributed by atoms with van der Waals surface area (Å²) >= 11 is 2.97. The van der Waals surface area contributed by atoms with E-state index >= 15 is 0 Å². The number of rotatable bonds is 4. The highest BCUT2D eigenvalue weighted by atomic mass is 79.9. The second-order valence-corrected chi connectivity index (χ2v) is 5.38. The van der Waals surface area contributed by atoms with Crippen molar-refractivity contribution in [1.82, 2.24) is 5.32 Å². The molecule has 0 saturated heterocycles. The number of nitrogens with one attached hydrogen (secondary N) is 1. The highest BCUT2D eigenvalue weighted by Gasteiger charge is 2.32. The van der Waals surface area contributed by atoms with E-state index in [9.17, 15) is 13.6 Å². The lowest BCUT2D eigenvalue weighted by atomic mass is 9.89. The summed E-state index contributed by atoms with van der Waals surface area (Å²) in [5.74, 6) is -2.46. The zero-order valence-electron chi connectivity index (χ0n) is 10.4. The van der Waals surface area contributed by atoms with Crippen LogP contribution in [0.5, 0.6) is 0 Å². The van der Waals surface area contributed by atoms with Crippen LogP contribution in [0.3, 0.4) is 0 Å². The normalized spacial score (nSPS) is 21.9. The maximum Gasteiger partial charge on any atom is 0.257 e. The Bertz CT molecular complexity index is 467. The monoisotopic (exact) mass is 333 g/mol. The Morgan fingerprint density at radius 2 is 2.00 bits per heavy atom. The van der Waals surface area contributed by atoms with E-state index < -0.39 is 23.1 Å². The fraction of sp³-hybridized carbons (Fsp3) is 0.462. The Kier molecular flexibility index (Phi) is 4.52. The van der Waals surface area contributed by atoms with Crippen molar-refractivity contribution in [2.45, 2.75) is 31.9 Å². The number of amides is 1. The van der Waals surface area contributed by atoms with Crippen molar-refractivity contribution in [3.05, 3.63) is 33.8 Å². The Hall–Kier alpha value is -1.01. The molecule has 1 aromatic rings. The van der Waals surface area contributed by atoms with Crippen molar-refractivity contribution in [3.8, 4) is 0 Å². The van der Waals surface area contributed by atoms with E-state index in [0.29, 0.717) is 19.4 Å². The molecule has 0 heterocycles. The summed E-state index contributed by atoms with van der Waals surface area (Å²) in [6.07, 6.45) is 1.49. The summed E-state index contributed by atoms with van der Waals surface area (Å²) in [6, 6.07) is 2.07. The number of carbonyl (C=O) groups excluding carboxylic acids is 1. The van der Waals surface area contributed by atoms with Gasteiger partial charge in [0.15, 0.2) is 0 Å². The predicted molar refractivity (Wildman–Crippen MR) is 70.0 cm³/mol. The Morgan fingerprint density at radius 3 is 2.53 bits per heavy atom. The topological polar surface area (TPSA) is 38.3 Å². The molecular formula is C13H14BrF2NO2. The minimum Gasteiger partial charge on any atom is -0.378 e. The van der Waals surface area contributed by atoms with Crippen LogP contribution in [0.25, 0.3) is 0 Å². The first-order valence-electron chi connectivity index (χ1n) is 6.08. The molecule has 0 spiro atoms. The van der Waals surface area contributed by atoms with Crippen LogP contribution in [0.1, 0.15) is 30.1 Å². The summed E-state index contributed by atoms with van der Waals surface area (Å²) in [7, 11) is 0. The average molecular weight is 334 g/mol. The summed E-state index contributed by atoms with van der Waals surface area (Å²) < 4.78 is 32.8. The Balaban J connectivity index is 1.98. The molecule has 1 aromatic carbocycles. The molecule has 0 bridgehead atoms. The largest absolute Gasteiger partial charge is 0.378 e. The molecule has 0 unspecified atom stereocenters. The van der Waals surface area contributed by atoms with Crippen LogP contribution in [-0.4, -0.2) is 24.7 Å². The average Bonchev–Trinajstić information content (AvgIpc) is 2.24. The van der Waals surface area contributed by atoms with Crippen molar-refractivity contribution in [2.75, 3.05) is 6.61 Å². The molecule has 0 aliphatic heterocycles. The first kappa shape index (κ1) is 14.4. The molecule has 1 aliphatic rings. The quantitative estimate of drug-likeness (QED) is 0.919. The fourth-order valence-corrected chi connectivity index (χ4v) is 2.47. The number of hydrogen-bond donors (Lipinski definition) is 1. The van der Waals surface area contributed by atoms with Gasteiger partial charge >= 0.3 is 0 Å². The van der Waals surface area contributed by atoms with Crippen LogP contribution in [0, 0.1) is 11.6 Å². The van der Waals surface area contributed by atoms with Gasteiger partial charge in [-0.2, -0.15) is 0 Å². The van der Waals surface area contributed by atoms with Gasteiger partial charge in [-0.3, -0.25) is 4.79 Å². The molecule has 1 aliphatic carbocycles.